The first-order chi connectivity index (χ1) is 12.8. The standard InChI is InChI=1S/C21H20FN3O2/c1-12(2)20(26)24-15-5-4-6-16(11-15)25-21(27)18-9-13(3)23-19-10-14(22)7-8-17(18)19/h4-12H,1-3H3,(H,24,26)(H,25,27). The molecule has 2 aromatic carbocycles. The van der Waals surface area contributed by atoms with E-state index in [1.807, 2.05) is 0 Å². The van der Waals surface area contributed by atoms with Gasteiger partial charge in [-0.05, 0) is 43.3 Å². The number of hydrogen-bond acceptors (Lipinski definition) is 3. The monoisotopic (exact) mass is 365 g/mol. The molecule has 3 aromatic rings. The van der Waals surface area contributed by atoms with Crippen LogP contribution in [0, 0.1) is 18.7 Å². The van der Waals surface area contributed by atoms with Crippen LogP contribution in [0.3, 0.4) is 0 Å². The molecule has 27 heavy (non-hydrogen) atoms. The molecule has 5 nitrogen and oxygen atoms in total. The Morgan fingerprint density at radius 3 is 2.41 bits per heavy atom. The van der Waals surface area contributed by atoms with Crippen LogP contribution in [0.1, 0.15) is 29.9 Å². The Balaban J connectivity index is 1.88. The van der Waals surface area contributed by atoms with Crippen molar-refractivity contribution in [3.63, 3.8) is 0 Å². The molecule has 0 saturated carbocycles. The molecule has 0 aliphatic carbocycles. The fourth-order valence-corrected chi connectivity index (χ4v) is 2.68. The number of aryl methyl sites for hydroxylation is 1. The number of halogens is 1. The molecular formula is C21H20FN3O2. The van der Waals surface area contributed by atoms with Crippen LogP contribution in [-0.2, 0) is 4.79 Å². The molecule has 0 aliphatic heterocycles. The van der Waals surface area contributed by atoms with Gasteiger partial charge in [0.2, 0.25) is 5.91 Å². The molecule has 1 heterocycles. The fourth-order valence-electron chi connectivity index (χ4n) is 2.68. The minimum atomic E-state index is -0.402. The van der Waals surface area contributed by atoms with E-state index in [4.69, 9.17) is 0 Å². The van der Waals surface area contributed by atoms with Crippen molar-refractivity contribution in [3.05, 3.63) is 65.6 Å². The number of amides is 2. The second-order valence-electron chi connectivity index (χ2n) is 6.65. The van der Waals surface area contributed by atoms with E-state index >= 15 is 0 Å². The molecule has 0 bridgehead atoms. The van der Waals surface area contributed by atoms with Crippen LogP contribution in [-0.4, -0.2) is 16.8 Å². The summed E-state index contributed by atoms with van der Waals surface area (Å²) < 4.78 is 13.5. The molecule has 6 heteroatoms. The summed E-state index contributed by atoms with van der Waals surface area (Å²) in [4.78, 5) is 28.9. The maximum atomic E-state index is 13.5. The maximum Gasteiger partial charge on any atom is 0.256 e. The summed E-state index contributed by atoms with van der Waals surface area (Å²) in [6, 6.07) is 12.7. The van der Waals surface area contributed by atoms with Gasteiger partial charge < -0.3 is 10.6 Å². The van der Waals surface area contributed by atoms with Gasteiger partial charge in [-0.25, -0.2) is 4.39 Å². The van der Waals surface area contributed by atoms with Crippen molar-refractivity contribution in [1.82, 2.24) is 4.98 Å². The van der Waals surface area contributed by atoms with E-state index < -0.39 is 5.82 Å². The van der Waals surface area contributed by atoms with Crippen molar-refractivity contribution in [3.8, 4) is 0 Å². The summed E-state index contributed by atoms with van der Waals surface area (Å²) in [6.45, 7) is 5.37. The average Bonchev–Trinajstić information content (AvgIpc) is 2.60. The largest absolute Gasteiger partial charge is 0.326 e. The van der Waals surface area contributed by atoms with Crippen LogP contribution >= 0.6 is 0 Å². The molecule has 2 amide bonds. The smallest absolute Gasteiger partial charge is 0.256 e. The van der Waals surface area contributed by atoms with Gasteiger partial charge in [-0.3, -0.25) is 14.6 Å². The molecule has 3 rings (SSSR count). The van der Waals surface area contributed by atoms with Gasteiger partial charge in [0.05, 0.1) is 11.1 Å². The number of benzene rings is 2. The number of anilines is 2. The third-order valence-electron chi connectivity index (χ3n) is 4.06. The molecule has 1 aromatic heterocycles. The molecule has 0 saturated heterocycles. The Hall–Kier alpha value is -3.28. The topological polar surface area (TPSA) is 71.1 Å². The van der Waals surface area contributed by atoms with Crippen molar-refractivity contribution in [1.29, 1.82) is 0 Å². The normalized spacial score (nSPS) is 10.9. The zero-order valence-corrected chi connectivity index (χ0v) is 15.3. The van der Waals surface area contributed by atoms with Gasteiger partial charge in [0.15, 0.2) is 0 Å². The molecule has 0 aliphatic rings. The number of rotatable bonds is 4. The average molecular weight is 365 g/mol. The number of fused-ring (bicyclic) bond motifs is 1. The molecule has 0 spiro atoms. The third-order valence-corrected chi connectivity index (χ3v) is 4.06. The zero-order chi connectivity index (χ0) is 19.6. The summed E-state index contributed by atoms with van der Waals surface area (Å²) in [6.07, 6.45) is 0. The van der Waals surface area contributed by atoms with E-state index in [1.54, 1.807) is 57.2 Å². The summed E-state index contributed by atoms with van der Waals surface area (Å²) in [7, 11) is 0. The van der Waals surface area contributed by atoms with Gasteiger partial charge in [0, 0.05) is 34.4 Å². The molecule has 0 radical (unpaired) electrons. The quantitative estimate of drug-likeness (QED) is 0.714. The van der Waals surface area contributed by atoms with Crippen LogP contribution in [0.15, 0.2) is 48.5 Å². The summed E-state index contributed by atoms with van der Waals surface area (Å²) in [5.41, 5.74) is 2.61. The summed E-state index contributed by atoms with van der Waals surface area (Å²) >= 11 is 0. The van der Waals surface area contributed by atoms with E-state index in [-0.39, 0.29) is 17.7 Å². The lowest BCUT2D eigenvalue weighted by molar-refractivity contribution is -0.118. The first-order valence-corrected chi connectivity index (χ1v) is 8.62. The van der Waals surface area contributed by atoms with E-state index in [1.165, 1.54) is 12.1 Å². The lowest BCUT2D eigenvalue weighted by Crippen LogP contribution is -2.18. The summed E-state index contributed by atoms with van der Waals surface area (Å²) in [5, 5.41) is 6.19. The highest BCUT2D eigenvalue weighted by Gasteiger charge is 2.14. The van der Waals surface area contributed by atoms with Crippen molar-refractivity contribution < 1.29 is 14.0 Å². The van der Waals surface area contributed by atoms with Crippen LogP contribution in [0.2, 0.25) is 0 Å². The zero-order valence-electron chi connectivity index (χ0n) is 15.3. The number of carbonyl (C=O) groups is 2. The lowest BCUT2D eigenvalue weighted by Gasteiger charge is -2.11. The first kappa shape index (κ1) is 18.5. The van der Waals surface area contributed by atoms with Crippen LogP contribution in [0.5, 0.6) is 0 Å². The van der Waals surface area contributed by atoms with Crippen molar-refractivity contribution in [2.24, 2.45) is 5.92 Å². The number of pyridine rings is 1. The van der Waals surface area contributed by atoms with Gasteiger partial charge in [-0.2, -0.15) is 0 Å². The highest BCUT2D eigenvalue weighted by Crippen LogP contribution is 2.22. The van der Waals surface area contributed by atoms with Gasteiger partial charge >= 0.3 is 0 Å². The molecule has 0 unspecified atom stereocenters. The number of hydrogen-bond donors (Lipinski definition) is 2. The Kier molecular flexibility index (Phi) is 5.16. The van der Waals surface area contributed by atoms with E-state index in [2.05, 4.69) is 15.6 Å². The number of nitrogens with one attached hydrogen (secondary N) is 2. The van der Waals surface area contributed by atoms with Crippen molar-refractivity contribution in [2.75, 3.05) is 10.6 Å². The highest BCUT2D eigenvalue weighted by molar-refractivity contribution is 6.12. The summed E-state index contributed by atoms with van der Waals surface area (Å²) in [5.74, 6) is -0.976. The second kappa shape index (κ2) is 7.53. The Morgan fingerprint density at radius 1 is 1.00 bits per heavy atom. The maximum absolute atomic E-state index is 13.5. The molecule has 0 atom stereocenters. The Labute approximate surface area is 156 Å². The number of carbonyl (C=O) groups excluding carboxylic acids is 2. The molecule has 138 valence electrons. The Bertz CT molecular complexity index is 1030. The minimum Gasteiger partial charge on any atom is -0.326 e. The van der Waals surface area contributed by atoms with Crippen LogP contribution in [0.25, 0.3) is 10.9 Å². The highest BCUT2D eigenvalue weighted by atomic mass is 19.1. The van der Waals surface area contributed by atoms with E-state index in [0.29, 0.717) is 33.5 Å². The predicted octanol–water partition coefficient (Wildman–Crippen LogP) is 4.53. The minimum absolute atomic E-state index is 0.101. The SMILES string of the molecule is Cc1cc(C(=O)Nc2cccc(NC(=O)C(C)C)c2)c2ccc(F)cc2n1. The van der Waals surface area contributed by atoms with Gasteiger partial charge in [0.25, 0.3) is 5.91 Å². The first-order valence-electron chi connectivity index (χ1n) is 8.62. The van der Waals surface area contributed by atoms with E-state index in [9.17, 15) is 14.0 Å². The third kappa shape index (κ3) is 4.28. The predicted molar refractivity (Wildman–Crippen MR) is 104 cm³/mol. The molecular weight excluding hydrogens is 345 g/mol. The van der Waals surface area contributed by atoms with Crippen molar-refractivity contribution >= 4 is 34.1 Å². The van der Waals surface area contributed by atoms with Crippen LogP contribution in [0.4, 0.5) is 15.8 Å². The van der Waals surface area contributed by atoms with Crippen LogP contribution < -0.4 is 10.6 Å². The van der Waals surface area contributed by atoms with Crippen molar-refractivity contribution in [2.45, 2.75) is 20.8 Å². The number of aromatic nitrogens is 1. The van der Waals surface area contributed by atoms with Gasteiger partial charge in [-0.15, -0.1) is 0 Å². The molecule has 0 fully saturated rings. The van der Waals surface area contributed by atoms with E-state index in [0.717, 1.165) is 0 Å². The molecule has 2 N–H and O–H groups in total. The lowest BCUT2D eigenvalue weighted by atomic mass is 10.1. The Morgan fingerprint density at radius 2 is 1.70 bits per heavy atom. The number of nitrogens with zero attached hydrogens (tertiary/aromatic N) is 1. The van der Waals surface area contributed by atoms with Gasteiger partial charge in [0.1, 0.15) is 5.82 Å². The second-order valence-corrected chi connectivity index (χ2v) is 6.65. The van der Waals surface area contributed by atoms with Gasteiger partial charge in [-0.1, -0.05) is 19.9 Å². The fraction of sp³-hybridized carbons (Fsp3) is 0.190.